The average molecular weight is 282 g/mol. The number of nitrogen functional groups attached to an aromatic ring is 1. The van der Waals surface area contributed by atoms with Crippen molar-refractivity contribution >= 4 is 38.2 Å². The Morgan fingerprint density at radius 1 is 1.44 bits per heavy atom. The van der Waals surface area contributed by atoms with Crippen molar-refractivity contribution in [3.8, 4) is 0 Å². The van der Waals surface area contributed by atoms with Crippen molar-refractivity contribution in [2.45, 2.75) is 0 Å². The minimum absolute atomic E-state index is 0.706. The molecule has 5 heteroatoms. The molecule has 0 spiro atoms. The summed E-state index contributed by atoms with van der Waals surface area (Å²) in [4.78, 5) is 9.52. The molecule has 0 bridgehead atoms. The van der Waals surface area contributed by atoms with Crippen LogP contribution in [0.1, 0.15) is 0 Å². The first kappa shape index (κ1) is 11.2. The molecular formula is C11H12BrN3O. The van der Waals surface area contributed by atoms with Gasteiger partial charge in [0.15, 0.2) is 0 Å². The molecule has 0 saturated carbocycles. The normalized spacial score (nSPS) is 10.7. The third-order valence-corrected chi connectivity index (χ3v) is 2.88. The minimum atomic E-state index is 0.706. The summed E-state index contributed by atoms with van der Waals surface area (Å²) in [5.41, 5.74) is 8.34. The molecule has 84 valence electrons. The molecule has 0 aliphatic carbocycles. The molecule has 2 rings (SSSR count). The highest BCUT2D eigenvalue weighted by molar-refractivity contribution is 9.10. The SMILES string of the molecule is CON(C)c1ccc(N)c2cc(Br)cnc12. The third kappa shape index (κ3) is 1.83. The quantitative estimate of drug-likeness (QED) is 0.679. The molecule has 0 fully saturated rings. The predicted molar refractivity (Wildman–Crippen MR) is 69.3 cm³/mol. The van der Waals surface area contributed by atoms with Crippen molar-refractivity contribution in [1.82, 2.24) is 4.98 Å². The second-order valence-electron chi connectivity index (χ2n) is 3.40. The average Bonchev–Trinajstić information content (AvgIpc) is 2.29. The van der Waals surface area contributed by atoms with Gasteiger partial charge < -0.3 is 5.73 Å². The van der Waals surface area contributed by atoms with Crippen LogP contribution in [-0.4, -0.2) is 19.1 Å². The van der Waals surface area contributed by atoms with Gasteiger partial charge in [-0.15, -0.1) is 0 Å². The number of halogens is 1. The van der Waals surface area contributed by atoms with Crippen molar-refractivity contribution in [2.75, 3.05) is 25.0 Å². The summed E-state index contributed by atoms with van der Waals surface area (Å²) in [5, 5.41) is 2.57. The van der Waals surface area contributed by atoms with E-state index in [1.54, 1.807) is 18.4 Å². The van der Waals surface area contributed by atoms with Gasteiger partial charge in [-0.3, -0.25) is 14.9 Å². The zero-order valence-corrected chi connectivity index (χ0v) is 10.7. The number of benzene rings is 1. The minimum Gasteiger partial charge on any atom is -0.398 e. The van der Waals surface area contributed by atoms with Crippen molar-refractivity contribution < 1.29 is 4.84 Å². The van der Waals surface area contributed by atoms with Gasteiger partial charge in [0, 0.05) is 28.8 Å². The van der Waals surface area contributed by atoms with Gasteiger partial charge in [0.1, 0.15) is 0 Å². The molecule has 2 N–H and O–H groups in total. The fourth-order valence-corrected chi connectivity index (χ4v) is 1.88. The van der Waals surface area contributed by atoms with Crippen LogP contribution < -0.4 is 10.8 Å². The van der Waals surface area contributed by atoms with E-state index < -0.39 is 0 Å². The first-order valence-electron chi connectivity index (χ1n) is 4.75. The number of aromatic nitrogens is 1. The Morgan fingerprint density at radius 3 is 2.88 bits per heavy atom. The van der Waals surface area contributed by atoms with E-state index in [-0.39, 0.29) is 0 Å². The smallest absolute Gasteiger partial charge is 0.0980 e. The molecule has 0 aliphatic heterocycles. The molecule has 0 radical (unpaired) electrons. The molecule has 2 aromatic rings. The van der Waals surface area contributed by atoms with Crippen LogP contribution in [0.5, 0.6) is 0 Å². The standard InChI is InChI=1S/C11H12BrN3O/c1-15(16-2)10-4-3-9(13)8-5-7(12)6-14-11(8)10/h3-6H,13H2,1-2H3. The number of hydrogen-bond acceptors (Lipinski definition) is 4. The highest BCUT2D eigenvalue weighted by Gasteiger charge is 2.09. The topological polar surface area (TPSA) is 51.4 Å². The first-order valence-corrected chi connectivity index (χ1v) is 5.54. The molecule has 4 nitrogen and oxygen atoms in total. The summed E-state index contributed by atoms with van der Waals surface area (Å²) in [6.07, 6.45) is 1.74. The van der Waals surface area contributed by atoms with Crippen molar-refractivity contribution in [3.63, 3.8) is 0 Å². The van der Waals surface area contributed by atoms with Gasteiger partial charge in [-0.2, -0.15) is 0 Å². The van der Waals surface area contributed by atoms with E-state index in [0.717, 1.165) is 21.1 Å². The maximum Gasteiger partial charge on any atom is 0.0980 e. The molecule has 0 unspecified atom stereocenters. The van der Waals surface area contributed by atoms with Gasteiger partial charge in [-0.25, -0.2) is 0 Å². The van der Waals surface area contributed by atoms with E-state index in [9.17, 15) is 0 Å². The summed E-state index contributed by atoms with van der Waals surface area (Å²) < 4.78 is 0.906. The van der Waals surface area contributed by atoms with Crippen LogP contribution in [0, 0.1) is 0 Å². The van der Waals surface area contributed by atoms with E-state index >= 15 is 0 Å². The molecule has 16 heavy (non-hydrogen) atoms. The zero-order valence-electron chi connectivity index (χ0n) is 9.07. The number of fused-ring (bicyclic) bond motifs is 1. The third-order valence-electron chi connectivity index (χ3n) is 2.44. The van der Waals surface area contributed by atoms with Gasteiger partial charge >= 0.3 is 0 Å². The van der Waals surface area contributed by atoms with Crippen LogP contribution >= 0.6 is 15.9 Å². The fraction of sp³-hybridized carbons (Fsp3) is 0.182. The zero-order chi connectivity index (χ0) is 11.7. The summed E-state index contributed by atoms with van der Waals surface area (Å²) in [6, 6.07) is 5.69. The van der Waals surface area contributed by atoms with Crippen molar-refractivity contribution in [2.24, 2.45) is 0 Å². The first-order chi connectivity index (χ1) is 7.63. The number of hydroxylamine groups is 1. The van der Waals surface area contributed by atoms with Gasteiger partial charge in [0.2, 0.25) is 0 Å². The van der Waals surface area contributed by atoms with Gasteiger partial charge in [0.05, 0.1) is 18.3 Å². The Balaban J connectivity index is 2.74. The number of nitrogens with zero attached hydrogens (tertiary/aromatic N) is 2. The largest absolute Gasteiger partial charge is 0.398 e. The summed E-state index contributed by atoms with van der Waals surface area (Å²) in [5.74, 6) is 0. The number of hydrogen-bond donors (Lipinski definition) is 1. The summed E-state index contributed by atoms with van der Waals surface area (Å²) in [7, 11) is 3.44. The van der Waals surface area contributed by atoms with Crippen LogP contribution in [0.4, 0.5) is 11.4 Å². The van der Waals surface area contributed by atoms with Crippen molar-refractivity contribution in [3.05, 3.63) is 28.9 Å². The molecule has 1 aromatic heterocycles. The molecule has 0 saturated heterocycles. The molecule has 0 atom stereocenters. The number of pyridine rings is 1. The molecule has 1 heterocycles. The summed E-state index contributed by atoms with van der Waals surface area (Å²) >= 11 is 3.38. The predicted octanol–water partition coefficient (Wildman–Crippen LogP) is 2.58. The van der Waals surface area contributed by atoms with Crippen LogP contribution in [0.3, 0.4) is 0 Å². The van der Waals surface area contributed by atoms with Crippen molar-refractivity contribution in [1.29, 1.82) is 0 Å². The van der Waals surface area contributed by atoms with Crippen LogP contribution in [0.15, 0.2) is 28.9 Å². The number of nitrogens with two attached hydrogens (primary N) is 1. The van der Waals surface area contributed by atoms with E-state index in [0.29, 0.717) is 5.69 Å². The van der Waals surface area contributed by atoms with Crippen LogP contribution in [0.25, 0.3) is 10.9 Å². The summed E-state index contributed by atoms with van der Waals surface area (Å²) in [6.45, 7) is 0. The van der Waals surface area contributed by atoms with E-state index in [1.807, 2.05) is 25.2 Å². The Bertz CT molecular complexity index is 530. The lowest BCUT2D eigenvalue weighted by Crippen LogP contribution is -2.15. The molecule has 0 aliphatic rings. The Kier molecular flexibility index (Phi) is 2.98. The molecule has 0 amide bonds. The van der Waals surface area contributed by atoms with Gasteiger partial charge in [-0.1, -0.05) is 0 Å². The fourth-order valence-electron chi connectivity index (χ4n) is 1.55. The maximum absolute atomic E-state index is 5.92. The monoisotopic (exact) mass is 281 g/mol. The van der Waals surface area contributed by atoms with E-state index in [4.69, 9.17) is 10.6 Å². The lowest BCUT2D eigenvalue weighted by molar-refractivity contribution is 0.185. The van der Waals surface area contributed by atoms with E-state index in [2.05, 4.69) is 20.9 Å². The second kappa shape index (κ2) is 4.27. The second-order valence-corrected chi connectivity index (χ2v) is 4.32. The van der Waals surface area contributed by atoms with Crippen LogP contribution in [0.2, 0.25) is 0 Å². The Hall–Kier alpha value is -1.33. The Labute approximate surface area is 102 Å². The Morgan fingerprint density at radius 2 is 2.19 bits per heavy atom. The molecule has 1 aromatic carbocycles. The highest BCUT2D eigenvalue weighted by Crippen LogP contribution is 2.30. The van der Waals surface area contributed by atoms with E-state index in [1.165, 1.54) is 0 Å². The number of rotatable bonds is 2. The molecular weight excluding hydrogens is 270 g/mol. The lowest BCUT2D eigenvalue weighted by Gasteiger charge is -2.18. The highest BCUT2D eigenvalue weighted by atomic mass is 79.9. The van der Waals surface area contributed by atoms with Crippen LogP contribution in [-0.2, 0) is 4.84 Å². The van der Waals surface area contributed by atoms with Gasteiger partial charge in [-0.05, 0) is 34.1 Å². The lowest BCUT2D eigenvalue weighted by atomic mass is 10.1. The van der Waals surface area contributed by atoms with Gasteiger partial charge in [0.25, 0.3) is 0 Å². The maximum atomic E-state index is 5.92. The number of anilines is 2.